The van der Waals surface area contributed by atoms with Crippen LogP contribution in [0.1, 0.15) is 13.3 Å². The van der Waals surface area contributed by atoms with E-state index in [2.05, 4.69) is 15.0 Å². The third-order valence-electron chi connectivity index (χ3n) is 2.37. The smallest absolute Gasteiger partial charge is 0.211 e. The van der Waals surface area contributed by atoms with Crippen LogP contribution < -0.4 is 15.8 Å². The summed E-state index contributed by atoms with van der Waals surface area (Å²) in [4.78, 5) is 4.11. The maximum atomic E-state index is 11.2. The Bertz CT molecular complexity index is 505. The molecule has 0 heterocycles. The third-order valence-corrected chi connectivity index (χ3v) is 3.77. The molecular formula is C12H21IN4O2S. The monoisotopic (exact) mass is 412 g/mol. The molecule has 0 aliphatic rings. The van der Waals surface area contributed by atoms with Gasteiger partial charge in [0.2, 0.25) is 10.0 Å². The fourth-order valence-electron chi connectivity index (χ4n) is 1.32. The van der Waals surface area contributed by atoms with E-state index in [1.165, 1.54) is 0 Å². The fraction of sp³-hybridized carbons (Fsp3) is 0.417. The van der Waals surface area contributed by atoms with Crippen LogP contribution in [0.25, 0.3) is 0 Å². The Kier molecular flexibility index (Phi) is 9.51. The first-order valence-corrected chi connectivity index (χ1v) is 7.78. The van der Waals surface area contributed by atoms with Crippen molar-refractivity contribution in [2.45, 2.75) is 13.3 Å². The second-order valence-electron chi connectivity index (χ2n) is 3.91. The van der Waals surface area contributed by atoms with Crippen molar-refractivity contribution in [1.29, 1.82) is 0 Å². The largest absolute Gasteiger partial charge is 0.370 e. The van der Waals surface area contributed by atoms with E-state index in [9.17, 15) is 8.42 Å². The molecule has 0 saturated carbocycles. The summed E-state index contributed by atoms with van der Waals surface area (Å²) in [5.41, 5.74) is 6.57. The van der Waals surface area contributed by atoms with Crippen molar-refractivity contribution in [3.05, 3.63) is 30.3 Å². The molecule has 1 rings (SSSR count). The highest BCUT2D eigenvalue weighted by Gasteiger charge is 2.03. The van der Waals surface area contributed by atoms with Gasteiger partial charge in [-0.3, -0.25) is 4.99 Å². The normalized spacial score (nSPS) is 11.8. The number of para-hydroxylation sites is 1. The molecule has 6 nitrogen and oxygen atoms in total. The molecule has 0 fully saturated rings. The maximum Gasteiger partial charge on any atom is 0.211 e. The number of aliphatic imine (C=N–C) groups is 1. The Labute approximate surface area is 137 Å². The number of rotatable bonds is 7. The van der Waals surface area contributed by atoms with Crippen LogP contribution in [-0.2, 0) is 10.0 Å². The van der Waals surface area contributed by atoms with Gasteiger partial charge in [-0.1, -0.05) is 18.2 Å². The van der Waals surface area contributed by atoms with Gasteiger partial charge in [0.1, 0.15) is 0 Å². The number of guanidine groups is 1. The first kappa shape index (κ1) is 19.1. The molecule has 0 amide bonds. The van der Waals surface area contributed by atoms with Gasteiger partial charge in [-0.05, 0) is 25.5 Å². The summed E-state index contributed by atoms with van der Waals surface area (Å²) < 4.78 is 24.8. The summed E-state index contributed by atoms with van der Waals surface area (Å²) in [6.45, 7) is 2.44. The van der Waals surface area contributed by atoms with Gasteiger partial charge in [0.25, 0.3) is 0 Å². The summed E-state index contributed by atoms with van der Waals surface area (Å²) >= 11 is 0. The second kappa shape index (κ2) is 9.94. The molecule has 0 aliphatic heterocycles. The van der Waals surface area contributed by atoms with Crippen LogP contribution >= 0.6 is 24.0 Å². The van der Waals surface area contributed by atoms with Crippen molar-refractivity contribution in [3.8, 4) is 0 Å². The van der Waals surface area contributed by atoms with Gasteiger partial charge < -0.3 is 11.1 Å². The highest BCUT2D eigenvalue weighted by Crippen LogP contribution is 2.03. The van der Waals surface area contributed by atoms with Crippen LogP contribution in [0.4, 0.5) is 5.69 Å². The molecule has 4 N–H and O–H groups in total. The number of nitrogens with one attached hydrogen (secondary N) is 2. The second-order valence-corrected chi connectivity index (χ2v) is 6.00. The quantitative estimate of drug-likeness (QED) is 0.273. The molecule has 20 heavy (non-hydrogen) atoms. The predicted octanol–water partition coefficient (Wildman–Crippen LogP) is 1.36. The highest BCUT2D eigenvalue weighted by atomic mass is 127. The highest BCUT2D eigenvalue weighted by molar-refractivity contribution is 14.0. The van der Waals surface area contributed by atoms with Gasteiger partial charge in [0, 0.05) is 18.8 Å². The van der Waals surface area contributed by atoms with E-state index in [0.29, 0.717) is 25.5 Å². The molecular weight excluding hydrogens is 391 g/mol. The van der Waals surface area contributed by atoms with E-state index in [4.69, 9.17) is 5.73 Å². The summed E-state index contributed by atoms with van der Waals surface area (Å²) in [5.74, 6) is 0.415. The number of anilines is 1. The summed E-state index contributed by atoms with van der Waals surface area (Å²) in [6.07, 6.45) is 0.608. The standard InChI is InChI=1S/C12H20N4O2S.HI/c1-2-19(17,18)15-10-6-9-14-12(13)16-11-7-4-3-5-8-11;/h3-5,7-8,15H,2,6,9-10H2,1H3,(H3,13,14,16);1H. The number of nitrogens with zero attached hydrogens (tertiary/aromatic N) is 1. The van der Waals surface area contributed by atoms with Crippen molar-refractivity contribution in [2.75, 3.05) is 24.2 Å². The van der Waals surface area contributed by atoms with Crippen LogP contribution in [-0.4, -0.2) is 33.2 Å². The topological polar surface area (TPSA) is 96.6 Å². The van der Waals surface area contributed by atoms with Crippen molar-refractivity contribution < 1.29 is 8.42 Å². The number of sulfonamides is 1. The lowest BCUT2D eigenvalue weighted by atomic mass is 10.3. The average molecular weight is 412 g/mol. The van der Waals surface area contributed by atoms with Gasteiger partial charge in [0.15, 0.2) is 5.96 Å². The zero-order valence-electron chi connectivity index (χ0n) is 11.4. The minimum absolute atomic E-state index is 0. The zero-order valence-corrected chi connectivity index (χ0v) is 14.5. The van der Waals surface area contributed by atoms with Gasteiger partial charge in [0.05, 0.1) is 5.75 Å². The van der Waals surface area contributed by atoms with Crippen molar-refractivity contribution in [1.82, 2.24) is 4.72 Å². The molecule has 0 bridgehead atoms. The molecule has 0 saturated heterocycles. The van der Waals surface area contributed by atoms with E-state index in [1.807, 2.05) is 30.3 Å². The molecule has 1 aromatic rings. The van der Waals surface area contributed by atoms with Crippen LogP contribution in [0.2, 0.25) is 0 Å². The van der Waals surface area contributed by atoms with E-state index >= 15 is 0 Å². The molecule has 8 heteroatoms. The lowest BCUT2D eigenvalue weighted by Gasteiger charge is -2.05. The Hall–Kier alpha value is -0.870. The van der Waals surface area contributed by atoms with Crippen LogP contribution in [0.15, 0.2) is 35.3 Å². The SMILES string of the molecule is CCS(=O)(=O)NCCCN=C(N)Nc1ccccc1.I. The van der Waals surface area contributed by atoms with E-state index in [-0.39, 0.29) is 29.7 Å². The minimum atomic E-state index is -3.11. The van der Waals surface area contributed by atoms with Gasteiger partial charge in [-0.25, -0.2) is 13.1 Å². The zero-order chi connectivity index (χ0) is 14.1. The Morgan fingerprint density at radius 2 is 1.95 bits per heavy atom. The minimum Gasteiger partial charge on any atom is -0.370 e. The summed E-state index contributed by atoms with van der Waals surface area (Å²) in [6, 6.07) is 9.48. The van der Waals surface area contributed by atoms with Crippen molar-refractivity contribution >= 4 is 45.6 Å². The number of nitrogens with two attached hydrogens (primary N) is 1. The van der Waals surface area contributed by atoms with Crippen molar-refractivity contribution in [2.24, 2.45) is 10.7 Å². The molecule has 0 atom stereocenters. The van der Waals surface area contributed by atoms with E-state index in [1.54, 1.807) is 6.92 Å². The first-order valence-electron chi connectivity index (χ1n) is 6.13. The van der Waals surface area contributed by atoms with E-state index in [0.717, 1.165) is 5.69 Å². The molecule has 0 aliphatic carbocycles. The first-order chi connectivity index (χ1) is 9.03. The number of hydrogen-bond donors (Lipinski definition) is 3. The lowest BCUT2D eigenvalue weighted by molar-refractivity contribution is 0.581. The predicted molar refractivity (Wildman–Crippen MR) is 94.0 cm³/mol. The van der Waals surface area contributed by atoms with Crippen molar-refractivity contribution in [3.63, 3.8) is 0 Å². The molecule has 1 aromatic carbocycles. The molecule has 0 unspecified atom stereocenters. The third kappa shape index (κ3) is 8.33. The van der Waals surface area contributed by atoms with Gasteiger partial charge in [-0.2, -0.15) is 0 Å². The number of hydrogen-bond acceptors (Lipinski definition) is 3. The lowest BCUT2D eigenvalue weighted by Crippen LogP contribution is -2.27. The molecule has 0 radical (unpaired) electrons. The summed E-state index contributed by atoms with van der Waals surface area (Å²) in [5, 5.41) is 2.95. The van der Waals surface area contributed by atoms with Crippen LogP contribution in [0.3, 0.4) is 0 Å². The van der Waals surface area contributed by atoms with Gasteiger partial charge >= 0.3 is 0 Å². The molecule has 114 valence electrons. The average Bonchev–Trinajstić information content (AvgIpc) is 2.39. The molecule has 0 aromatic heterocycles. The summed E-state index contributed by atoms with van der Waals surface area (Å²) in [7, 11) is -3.11. The number of halogens is 1. The Balaban J connectivity index is 0.00000361. The van der Waals surface area contributed by atoms with E-state index < -0.39 is 10.0 Å². The Morgan fingerprint density at radius 1 is 1.30 bits per heavy atom. The Morgan fingerprint density at radius 3 is 2.55 bits per heavy atom. The fourth-order valence-corrected chi connectivity index (χ4v) is 1.98. The van der Waals surface area contributed by atoms with Crippen LogP contribution in [0.5, 0.6) is 0 Å². The molecule has 0 spiro atoms. The number of benzene rings is 1. The van der Waals surface area contributed by atoms with Crippen LogP contribution in [0, 0.1) is 0 Å². The van der Waals surface area contributed by atoms with Gasteiger partial charge in [-0.15, -0.1) is 24.0 Å². The maximum absolute atomic E-state index is 11.2.